The summed E-state index contributed by atoms with van der Waals surface area (Å²) in [5, 5.41) is 17.1. The Labute approximate surface area is 81.2 Å². The molecule has 1 rings (SSSR count). The van der Waals surface area contributed by atoms with Gasteiger partial charge in [0.1, 0.15) is 18.3 Å². The second-order valence-corrected chi connectivity index (χ2v) is 2.76. The fourth-order valence-electron chi connectivity index (χ4n) is 1.01. The third-order valence-corrected chi connectivity index (χ3v) is 1.67. The van der Waals surface area contributed by atoms with Gasteiger partial charge in [0.15, 0.2) is 0 Å². The van der Waals surface area contributed by atoms with E-state index < -0.39 is 5.97 Å². The van der Waals surface area contributed by atoms with E-state index in [0.29, 0.717) is 5.69 Å². The van der Waals surface area contributed by atoms with Crippen LogP contribution in [0, 0.1) is 11.3 Å². The van der Waals surface area contributed by atoms with Crippen LogP contribution in [0.2, 0.25) is 0 Å². The van der Waals surface area contributed by atoms with Crippen molar-refractivity contribution in [2.24, 2.45) is 0 Å². The summed E-state index contributed by atoms with van der Waals surface area (Å²) in [5.41, 5.74) is 0.943. The molecular weight excluding hydrogens is 182 g/mol. The number of aliphatic carboxylic acids is 1. The topological polar surface area (TPSA) is 77.2 Å². The number of hydrogen-bond acceptors (Lipinski definition) is 4. The lowest BCUT2D eigenvalue weighted by molar-refractivity contribution is -0.135. The Kier molecular flexibility index (Phi) is 3.02. The number of carboxylic acid groups (broad SMARTS) is 1. The number of carboxylic acids is 1. The van der Waals surface area contributed by atoms with E-state index in [0.717, 1.165) is 0 Å². The normalized spacial score (nSPS) is 9.14. The number of anilines is 1. The zero-order valence-electron chi connectivity index (χ0n) is 7.64. The summed E-state index contributed by atoms with van der Waals surface area (Å²) < 4.78 is 0. The Morgan fingerprint density at radius 3 is 3.07 bits per heavy atom. The van der Waals surface area contributed by atoms with E-state index in [9.17, 15) is 4.79 Å². The van der Waals surface area contributed by atoms with Crippen molar-refractivity contribution in [1.82, 2.24) is 4.98 Å². The molecule has 0 atom stereocenters. The molecule has 0 aromatic carbocycles. The largest absolute Gasteiger partial charge is 0.480 e. The number of nitrogens with zero attached hydrogens (tertiary/aromatic N) is 3. The summed E-state index contributed by atoms with van der Waals surface area (Å²) in [6.45, 7) is -0.102. The van der Waals surface area contributed by atoms with Gasteiger partial charge in [-0.2, -0.15) is 5.26 Å². The minimum Gasteiger partial charge on any atom is -0.480 e. The van der Waals surface area contributed by atoms with Gasteiger partial charge in [-0.25, -0.2) is 4.98 Å². The number of rotatable bonds is 3. The van der Waals surface area contributed by atoms with Crippen LogP contribution in [0.25, 0.3) is 0 Å². The first-order valence-corrected chi connectivity index (χ1v) is 3.92. The summed E-state index contributed by atoms with van der Waals surface area (Å²) in [7, 11) is 1.64. The Bertz CT molecular complexity index is 384. The van der Waals surface area contributed by atoms with Crippen molar-refractivity contribution in [3.8, 4) is 6.07 Å². The first-order valence-electron chi connectivity index (χ1n) is 3.92. The molecule has 14 heavy (non-hydrogen) atoms. The van der Waals surface area contributed by atoms with E-state index in [2.05, 4.69) is 4.98 Å². The molecule has 5 nitrogen and oxygen atoms in total. The molecule has 0 aliphatic rings. The molecule has 1 N–H and O–H groups in total. The molecule has 72 valence electrons. The molecule has 0 amide bonds. The molecule has 0 aliphatic carbocycles. The molecule has 5 heteroatoms. The molecule has 0 aliphatic heterocycles. The fraction of sp³-hybridized carbons (Fsp3) is 0.222. The van der Waals surface area contributed by atoms with E-state index in [1.54, 1.807) is 19.2 Å². The van der Waals surface area contributed by atoms with Crippen molar-refractivity contribution in [2.75, 3.05) is 18.5 Å². The van der Waals surface area contributed by atoms with Crippen LogP contribution in [0.1, 0.15) is 5.69 Å². The van der Waals surface area contributed by atoms with Crippen LogP contribution in [-0.4, -0.2) is 29.7 Å². The number of carbonyl (C=O) groups is 1. The predicted molar refractivity (Wildman–Crippen MR) is 49.9 cm³/mol. The standard InChI is InChI=1S/C9H9N3O2/c1-12(6-9(13)14)8-2-3-11-7(4-8)5-10/h2-4H,6H2,1H3,(H,13,14). The second kappa shape index (κ2) is 4.23. The van der Waals surface area contributed by atoms with Crippen molar-refractivity contribution < 1.29 is 9.90 Å². The third kappa shape index (κ3) is 2.45. The van der Waals surface area contributed by atoms with Gasteiger partial charge in [-0.3, -0.25) is 4.79 Å². The lowest BCUT2D eigenvalue weighted by atomic mass is 10.3. The van der Waals surface area contributed by atoms with Crippen molar-refractivity contribution in [3.63, 3.8) is 0 Å². The highest BCUT2D eigenvalue weighted by atomic mass is 16.4. The molecule has 0 radical (unpaired) electrons. The van der Waals surface area contributed by atoms with Gasteiger partial charge in [-0.1, -0.05) is 0 Å². The number of nitriles is 1. The molecule has 0 saturated heterocycles. The van der Waals surface area contributed by atoms with Crippen LogP contribution < -0.4 is 4.90 Å². The molecule has 1 heterocycles. The minimum atomic E-state index is -0.914. The minimum absolute atomic E-state index is 0.102. The number of pyridine rings is 1. The van der Waals surface area contributed by atoms with Crippen LogP contribution in [0.15, 0.2) is 18.3 Å². The van der Waals surface area contributed by atoms with E-state index >= 15 is 0 Å². The van der Waals surface area contributed by atoms with Gasteiger partial charge in [0.2, 0.25) is 0 Å². The zero-order valence-corrected chi connectivity index (χ0v) is 7.64. The van der Waals surface area contributed by atoms with E-state index in [1.807, 2.05) is 6.07 Å². The van der Waals surface area contributed by atoms with Crippen LogP contribution >= 0.6 is 0 Å². The quantitative estimate of drug-likeness (QED) is 0.751. The molecule has 1 aromatic rings. The molecule has 0 unspecified atom stereocenters. The van der Waals surface area contributed by atoms with Crippen molar-refractivity contribution in [2.45, 2.75) is 0 Å². The van der Waals surface area contributed by atoms with Crippen LogP contribution in [0.3, 0.4) is 0 Å². The average Bonchev–Trinajstić information content (AvgIpc) is 2.17. The third-order valence-electron chi connectivity index (χ3n) is 1.67. The smallest absolute Gasteiger partial charge is 0.323 e. The van der Waals surface area contributed by atoms with Gasteiger partial charge in [-0.05, 0) is 12.1 Å². The summed E-state index contributed by atoms with van der Waals surface area (Å²) in [6, 6.07) is 5.09. The molecule has 0 spiro atoms. The number of aromatic nitrogens is 1. The van der Waals surface area contributed by atoms with Crippen LogP contribution in [0.4, 0.5) is 5.69 Å². The van der Waals surface area contributed by atoms with Gasteiger partial charge in [-0.15, -0.1) is 0 Å². The van der Waals surface area contributed by atoms with Gasteiger partial charge < -0.3 is 10.0 Å². The SMILES string of the molecule is CN(CC(=O)O)c1ccnc(C#N)c1. The number of likely N-dealkylation sites (N-methyl/N-ethyl adjacent to an activating group) is 1. The van der Waals surface area contributed by atoms with Gasteiger partial charge in [0, 0.05) is 18.9 Å². The van der Waals surface area contributed by atoms with Gasteiger partial charge in [0.25, 0.3) is 0 Å². The monoisotopic (exact) mass is 191 g/mol. The van der Waals surface area contributed by atoms with Crippen LogP contribution in [0.5, 0.6) is 0 Å². The summed E-state index contributed by atoms with van der Waals surface area (Å²) in [5.74, 6) is -0.914. The van der Waals surface area contributed by atoms with Crippen LogP contribution in [-0.2, 0) is 4.79 Å². The maximum absolute atomic E-state index is 10.4. The lowest BCUT2D eigenvalue weighted by Gasteiger charge is -2.15. The first kappa shape index (κ1) is 9.99. The van der Waals surface area contributed by atoms with E-state index in [4.69, 9.17) is 10.4 Å². The summed E-state index contributed by atoms with van der Waals surface area (Å²) >= 11 is 0. The highest BCUT2D eigenvalue weighted by Crippen LogP contribution is 2.11. The predicted octanol–water partition coefficient (Wildman–Crippen LogP) is 0.474. The number of hydrogen-bond donors (Lipinski definition) is 1. The average molecular weight is 191 g/mol. The lowest BCUT2D eigenvalue weighted by Crippen LogP contribution is -2.25. The highest BCUT2D eigenvalue weighted by molar-refractivity contribution is 5.73. The summed E-state index contributed by atoms with van der Waals surface area (Å²) in [4.78, 5) is 15.7. The molecule has 0 saturated carbocycles. The Hall–Kier alpha value is -2.09. The highest BCUT2D eigenvalue weighted by Gasteiger charge is 2.05. The van der Waals surface area contributed by atoms with Gasteiger partial charge in [0.05, 0.1) is 0 Å². The molecule has 0 bridgehead atoms. The van der Waals surface area contributed by atoms with Gasteiger partial charge >= 0.3 is 5.97 Å². The van der Waals surface area contributed by atoms with Crippen molar-refractivity contribution in [3.05, 3.63) is 24.0 Å². The maximum atomic E-state index is 10.4. The van der Waals surface area contributed by atoms with E-state index in [1.165, 1.54) is 11.1 Å². The Morgan fingerprint density at radius 2 is 2.50 bits per heavy atom. The fourth-order valence-corrected chi connectivity index (χ4v) is 1.01. The second-order valence-electron chi connectivity index (χ2n) is 2.76. The zero-order chi connectivity index (χ0) is 10.6. The van der Waals surface area contributed by atoms with Crippen molar-refractivity contribution in [1.29, 1.82) is 5.26 Å². The Morgan fingerprint density at radius 1 is 1.79 bits per heavy atom. The Balaban J connectivity index is 2.85. The summed E-state index contributed by atoms with van der Waals surface area (Å²) in [6.07, 6.45) is 1.48. The molecule has 0 fully saturated rings. The first-order chi connectivity index (χ1) is 6.63. The van der Waals surface area contributed by atoms with E-state index in [-0.39, 0.29) is 12.2 Å². The molecule has 1 aromatic heterocycles. The van der Waals surface area contributed by atoms with Crippen molar-refractivity contribution >= 4 is 11.7 Å². The maximum Gasteiger partial charge on any atom is 0.323 e. The molecular formula is C9H9N3O2.